The van der Waals surface area contributed by atoms with Crippen LogP contribution in [-0.2, 0) is 4.79 Å². The normalized spacial score (nSPS) is 15.8. The standard InChI is InChI=1S/C20H23N5O2S/c1-12-11-17-23-24-20(25(17)16-10-6-5-9-15(12)16)28-13(2)18(26)22-19(27)21-14-7-3-4-8-14/h5-6,9-11,13-14H,3-4,7-8H2,1-2H3,(H2,21,22,26,27). The molecule has 0 spiro atoms. The molecule has 2 heterocycles. The monoisotopic (exact) mass is 397 g/mol. The molecule has 3 amide bonds. The Labute approximate surface area is 167 Å². The third-order valence-electron chi connectivity index (χ3n) is 5.15. The Morgan fingerprint density at radius 2 is 1.96 bits per heavy atom. The van der Waals surface area contributed by atoms with Gasteiger partial charge in [0.15, 0.2) is 10.8 Å². The zero-order valence-electron chi connectivity index (χ0n) is 15.9. The van der Waals surface area contributed by atoms with E-state index in [-0.39, 0.29) is 11.9 Å². The van der Waals surface area contributed by atoms with Crippen molar-refractivity contribution in [1.82, 2.24) is 25.2 Å². The van der Waals surface area contributed by atoms with Crippen LogP contribution in [0.15, 0.2) is 35.5 Å². The van der Waals surface area contributed by atoms with Crippen molar-refractivity contribution in [3.63, 3.8) is 0 Å². The summed E-state index contributed by atoms with van der Waals surface area (Å²) in [4.78, 5) is 24.5. The van der Waals surface area contributed by atoms with E-state index < -0.39 is 11.3 Å². The van der Waals surface area contributed by atoms with E-state index in [1.807, 2.05) is 35.6 Å². The number of nitrogens with zero attached hydrogens (tertiary/aromatic N) is 3. The van der Waals surface area contributed by atoms with E-state index in [2.05, 4.69) is 26.9 Å². The van der Waals surface area contributed by atoms with Gasteiger partial charge in [0.05, 0.1) is 10.8 Å². The number of aryl methyl sites for hydroxylation is 1. The highest BCUT2D eigenvalue weighted by molar-refractivity contribution is 8.00. The molecule has 1 aliphatic carbocycles. The van der Waals surface area contributed by atoms with Gasteiger partial charge in [-0.3, -0.25) is 14.5 Å². The van der Waals surface area contributed by atoms with Crippen LogP contribution in [-0.4, -0.2) is 37.8 Å². The Bertz CT molecular complexity index is 1040. The van der Waals surface area contributed by atoms with Crippen molar-refractivity contribution in [3.05, 3.63) is 35.9 Å². The summed E-state index contributed by atoms with van der Waals surface area (Å²) in [5.41, 5.74) is 2.86. The van der Waals surface area contributed by atoms with Crippen molar-refractivity contribution in [3.8, 4) is 0 Å². The number of pyridine rings is 1. The number of para-hydroxylation sites is 1. The third kappa shape index (κ3) is 3.69. The van der Waals surface area contributed by atoms with Crippen LogP contribution >= 0.6 is 11.8 Å². The number of carbonyl (C=O) groups excluding carboxylic acids is 2. The number of hydrogen-bond donors (Lipinski definition) is 2. The fraction of sp³-hybridized carbons (Fsp3) is 0.400. The second-order valence-electron chi connectivity index (χ2n) is 7.22. The minimum Gasteiger partial charge on any atom is -0.335 e. The summed E-state index contributed by atoms with van der Waals surface area (Å²) in [6.45, 7) is 3.81. The molecule has 146 valence electrons. The lowest BCUT2D eigenvalue weighted by Gasteiger charge is -2.14. The van der Waals surface area contributed by atoms with Crippen molar-refractivity contribution in [2.24, 2.45) is 0 Å². The maximum Gasteiger partial charge on any atom is 0.321 e. The third-order valence-corrected chi connectivity index (χ3v) is 6.19. The number of urea groups is 1. The number of nitrogens with one attached hydrogen (secondary N) is 2. The molecule has 8 heteroatoms. The number of hydrogen-bond acceptors (Lipinski definition) is 5. The zero-order valence-corrected chi connectivity index (χ0v) is 16.8. The van der Waals surface area contributed by atoms with Crippen LogP contribution in [0.3, 0.4) is 0 Å². The van der Waals surface area contributed by atoms with Crippen molar-refractivity contribution in [2.45, 2.75) is 56.0 Å². The first-order valence-corrected chi connectivity index (χ1v) is 10.4. The maximum absolute atomic E-state index is 12.5. The number of rotatable bonds is 4. The molecule has 0 radical (unpaired) electrons. The van der Waals surface area contributed by atoms with Crippen LogP contribution in [0, 0.1) is 6.92 Å². The van der Waals surface area contributed by atoms with Gasteiger partial charge >= 0.3 is 6.03 Å². The molecule has 4 rings (SSSR count). The van der Waals surface area contributed by atoms with E-state index in [4.69, 9.17) is 0 Å². The molecular weight excluding hydrogens is 374 g/mol. The largest absolute Gasteiger partial charge is 0.335 e. The van der Waals surface area contributed by atoms with Crippen molar-refractivity contribution in [1.29, 1.82) is 0 Å². The first-order valence-electron chi connectivity index (χ1n) is 9.54. The lowest BCUT2D eigenvalue weighted by molar-refractivity contribution is -0.119. The molecule has 0 saturated heterocycles. The minimum atomic E-state index is -0.484. The topological polar surface area (TPSA) is 88.4 Å². The van der Waals surface area contributed by atoms with Crippen molar-refractivity contribution >= 4 is 40.3 Å². The Morgan fingerprint density at radius 1 is 1.21 bits per heavy atom. The Balaban J connectivity index is 1.50. The highest BCUT2D eigenvalue weighted by Crippen LogP contribution is 2.28. The molecule has 3 aromatic rings. The smallest absolute Gasteiger partial charge is 0.321 e. The molecule has 0 aliphatic heterocycles. The van der Waals surface area contributed by atoms with E-state index in [9.17, 15) is 9.59 Å². The summed E-state index contributed by atoms with van der Waals surface area (Å²) >= 11 is 1.29. The van der Waals surface area contributed by atoms with E-state index in [1.165, 1.54) is 11.8 Å². The minimum absolute atomic E-state index is 0.172. The van der Waals surface area contributed by atoms with Crippen LogP contribution in [0.4, 0.5) is 4.79 Å². The van der Waals surface area contributed by atoms with Gasteiger partial charge < -0.3 is 5.32 Å². The molecule has 2 N–H and O–H groups in total. The Kier molecular flexibility index (Phi) is 5.21. The van der Waals surface area contributed by atoms with Crippen LogP contribution < -0.4 is 10.6 Å². The van der Waals surface area contributed by atoms with E-state index >= 15 is 0 Å². The quantitative estimate of drug-likeness (QED) is 0.659. The number of aromatic nitrogens is 3. The molecule has 1 unspecified atom stereocenters. The van der Waals surface area contributed by atoms with Crippen molar-refractivity contribution < 1.29 is 9.59 Å². The average molecular weight is 398 g/mol. The highest BCUT2D eigenvalue weighted by atomic mass is 32.2. The van der Waals surface area contributed by atoms with Gasteiger partial charge in [-0.1, -0.05) is 42.8 Å². The van der Waals surface area contributed by atoms with Gasteiger partial charge in [0.25, 0.3) is 0 Å². The van der Waals surface area contributed by atoms with E-state index in [1.54, 1.807) is 6.92 Å². The molecule has 0 bridgehead atoms. The molecule has 1 atom stereocenters. The van der Waals surface area contributed by atoms with Gasteiger partial charge in [-0.25, -0.2) is 4.79 Å². The summed E-state index contributed by atoms with van der Waals surface area (Å²) in [5, 5.41) is 15.1. The van der Waals surface area contributed by atoms with Crippen molar-refractivity contribution in [2.75, 3.05) is 0 Å². The molecule has 1 fully saturated rings. The van der Waals surface area contributed by atoms with Crippen LogP contribution in [0.2, 0.25) is 0 Å². The lowest BCUT2D eigenvalue weighted by atomic mass is 10.1. The number of thioether (sulfide) groups is 1. The predicted molar refractivity (Wildman–Crippen MR) is 109 cm³/mol. The maximum atomic E-state index is 12.5. The zero-order chi connectivity index (χ0) is 19.7. The van der Waals surface area contributed by atoms with Gasteiger partial charge in [0.2, 0.25) is 5.91 Å². The second kappa shape index (κ2) is 7.79. The molecule has 28 heavy (non-hydrogen) atoms. The first kappa shape index (κ1) is 18.7. The highest BCUT2D eigenvalue weighted by Gasteiger charge is 2.23. The molecule has 1 saturated carbocycles. The average Bonchev–Trinajstić information content (AvgIpc) is 3.32. The number of benzene rings is 1. The van der Waals surface area contributed by atoms with E-state index in [0.29, 0.717) is 5.16 Å². The Morgan fingerprint density at radius 3 is 2.75 bits per heavy atom. The van der Waals surface area contributed by atoms with Gasteiger partial charge in [-0.05, 0) is 44.4 Å². The van der Waals surface area contributed by atoms with Gasteiger partial charge in [-0.15, -0.1) is 10.2 Å². The number of carbonyl (C=O) groups is 2. The summed E-state index contributed by atoms with van der Waals surface area (Å²) < 4.78 is 1.95. The molecule has 7 nitrogen and oxygen atoms in total. The molecule has 1 aromatic carbocycles. The number of fused-ring (bicyclic) bond motifs is 3. The summed E-state index contributed by atoms with van der Waals surface area (Å²) in [6.07, 6.45) is 4.20. The van der Waals surface area contributed by atoms with Crippen LogP contribution in [0.25, 0.3) is 16.6 Å². The second-order valence-corrected chi connectivity index (χ2v) is 8.53. The SMILES string of the molecule is Cc1cc2nnc(SC(C)C(=O)NC(=O)NC3CCCC3)n2c2ccccc12. The van der Waals surface area contributed by atoms with Gasteiger partial charge in [0.1, 0.15) is 0 Å². The van der Waals surface area contributed by atoms with Crippen LogP contribution in [0.1, 0.15) is 38.2 Å². The van der Waals surface area contributed by atoms with Crippen LogP contribution in [0.5, 0.6) is 0 Å². The molecular formula is C20H23N5O2S. The summed E-state index contributed by atoms with van der Waals surface area (Å²) in [6, 6.07) is 9.78. The predicted octanol–water partition coefficient (Wildman–Crippen LogP) is 3.44. The fourth-order valence-electron chi connectivity index (χ4n) is 3.67. The summed E-state index contributed by atoms with van der Waals surface area (Å²) in [7, 11) is 0. The van der Waals surface area contributed by atoms with Gasteiger partial charge in [-0.2, -0.15) is 0 Å². The van der Waals surface area contributed by atoms with Gasteiger partial charge in [0, 0.05) is 11.4 Å². The number of imide groups is 1. The summed E-state index contributed by atoms with van der Waals surface area (Å²) in [5.74, 6) is -0.339. The number of amides is 3. The van der Waals surface area contributed by atoms with E-state index in [0.717, 1.165) is 47.8 Å². The molecule has 2 aromatic heterocycles. The Hall–Kier alpha value is -2.61. The first-order chi connectivity index (χ1) is 13.5. The fourth-order valence-corrected chi connectivity index (χ4v) is 4.54. The molecule has 1 aliphatic rings. The lowest BCUT2D eigenvalue weighted by Crippen LogP contribution is -2.45.